The van der Waals surface area contributed by atoms with Gasteiger partial charge in [-0.2, -0.15) is 0 Å². The van der Waals surface area contributed by atoms with Crippen LogP contribution in [0.4, 0.5) is 5.82 Å². The van der Waals surface area contributed by atoms with Crippen LogP contribution in [-0.4, -0.2) is 16.5 Å². The molecular formula is C12H17N3O. The van der Waals surface area contributed by atoms with Crippen molar-refractivity contribution in [3.8, 4) is 0 Å². The maximum atomic E-state index is 11.4. The summed E-state index contributed by atoms with van der Waals surface area (Å²) in [6.07, 6.45) is 6.27. The smallest absolute Gasteiger partial charge is 0.252 e. The largest absolute Gasteiger partial charge is 0.370 e. The molecule has 1 heterocycles. The van der Waals surface area contributed by atoms with Crippen molar-refractivity contribution in [1.82, 2.24) is 9.97 Å². The lowest BCUT2D eigenvalue weighted by Crippen LogP contribution is -2.14. The van der Waals surface area contributed by atoms with E-state index in [9.17, 15) is 4.79 Å². The van der Waals surface area contributed by atoms with Crippen LogP contribution in [0.15, 0.2) is 10.9 Å². The van der Waals surface area contributed by atoms with Gasteiger partial charge >= 0.3 is 0 Å². The van der Waals surface area contributed by atoms with Gasteiger partial charge < -0.3 is 10.3 Å². The molecule has 4 nitrogen and oxygen atoms in total. The SMILES string of the molecule is O=c1cc(NCCC2CC2)nc(C2CC2)[nH]1. The Morgan fingerprint density at radius 2 is 2.19 bits per heavy atom. The summed E-state index contributed by atoms with van der Waals surface area (Å²) in [5, 5.41) is 3.25. The fourth-order valence-corrected chi connectivity index (χ4v) is 1.93. The Labute approximate surface area is 94.5 Å². The van der Waals surface area contributed by atoms with Crippen LogP contribution in [0.5, 0.6) is 0 Å². The molecule has 2 N–H and O–H groups in total. The molecule has 0 atom stereocenters. The summed E-state index contributed by atoms with van der Waals surface area (Å²) in [6.45, 7) is 0.936. The minimum Gasteiger partial charge on any atom is -0.370 e. The first-order valence-electron chi connectivity index (χ1n) is 6.16. The van der Waals surface area contributed by atoms with E-state index in [0.29, 0.717) is 5.92 Å². The average molecular weight is 219 g/mol. The van der Waals surface area contributed by atoms with E-state index in [2.05, 4.69) is 15.3 Å². The molecule has 0 amide bonds. The number of hydrogen-bond acceptors (Lipinski definition) is 3. The Morgan fingerprint density at radius 3 is 2.88 bits per heavy atom. The van der Waals surface area contributed by atoms with Crippen LogP contribution < -0.4 is 10.9 Å². The van der Waals surface area contributed by atoms with Gasteiger partial charge in [-0.3, -0.25) is 4.79 Å². The monoisotopic (exact) mass is 219 g/mol. The number of rotatable bonds is 5. The highest BCUT2D eigenvalue weighted by atomic mass is 16.1. The Kier molecular flexibility index (Phi) is 2.42. The van der Waals surface area contributed by atoms with Gasteiger partial charge in [0.1, 0.15) is 11.6 Å². The third-order valence-corrected chi connectivity index (χ3v) is 3.28. The summed E-state index contributed by atoms with van der Waals surface area (Å²) in [5.41, 5.74) is -0.0363. The summed E-state index contributed by atoms with van der Waals surface area (Å²) >= 11 is 0. The standard InChI is InChI=1S/C12H17N3O/c16-11-7-10(13-6-5-8-1-2-8)14-12(15-11)9-3-4-9/h7-9H,1-6H2,(H2,13,14,15,16). The van der Waals surface area contributed by atoms with Gasteiger partial charge in [0.15, 0.2) is 0 Å². The number of anilines is 1. The van der Waals surface area contributed by atoms with Crippen LogP contribution in [0.2, 0.25) is 0 Å². The average Bonchev–Trinajstić information content (AvgIpc) is 3.12. The van der Waals surface area contributed by atoms with Gasteiger partial charge in [-0.05, 0) is 25.2 Å². The Bertz CT molecular complexity index is 432. The van der Waals surface area contributed by atoms with E-state index in [0.717, 1.165) is 36.9 Å². The number of nitrogens with one attached hydrogen (secondary N) is 2. The molecule has 16 heavy (non-hydrogen) atoms. The first-order chi connectivity index (χ1) is 7.81. The second-order valence-electron chi connectivity index (χ2n) is 4.95. The highest BCUT2D eigenvalue weighted by Gasteiger charge is 2.26. The predicted molar refractivity (Wildman–Crippen MR) is 62.7 cm³/mol. The zero-order valence-corrected chi connectivity index (χ0v) is 9.33. The Hall–Kier alpha value is -1.32. The predicted octanol–water partition coefficient (Wildman–Crippen LogP) is 1.86. The fraction of sp³-hybridized carbons (Fsp3) is 0.667. The van der Waals surface area contributed by atoms with Crippen molar-refractivity contribution in [1.29, 1.82) is 0 Å². The van der Waals surface area contributed by atoms with Crippen molar-refractivity contribution in [3.05, 3.63) is 22.2 Å². The minimum atomic E-state index is -0.0363. The number of aromatic amines is 1. The molecule has 0 aromatic carbocycles. The molecule has 0 spiro atoms. The third kappa shape index (κ3) is 2.43. The van der Waals surface area contributed by atoms with Gasteiger partial charge in [0.25, 0.3) is 5.56 Å². The number of H-pyrrole nitrogens is 1. The molecule has 1 aromatic heterocycles. The number of hydrogen-bond donors (Lipinski definition) is 2. The van der Waals surface area contributed by atoms with E-state index in [-0.39, 0.29) is 5.56 Å². The molecule has 0 unspecified atom stereocenters. The highest BCUT2D eigenvalue weighted by molar-refractivity contribution is 5.33. The van der Waals surface area contributed by atoms with Gasteiger partial charge in [0, 0.05) is 18.5 Å². The van der Waals surface area contributed by atoms with E-state index < -0.39 is 0 Å². The normalized spacial score (nSPS) is 19.8. The van der Waals surface area contributed by atoms with Crippen LogP contribution in [-0.2, 0) is 0 Å². The van der Waals surface area contributed by atoms with E-state index in [1.54, 1.807) is 6.07 Å². The van der Waals surface area contributed by atoms with Gasteiger partial charge in [-0.1, -0.05) is 12.8 Å². The van der Waals surface area contributed by atoms with Crippen molar-refractivity contribution in [2.45, 2.75) is 38.0 Å². The summed E-state index contributed by atoms with van der Waals surface area (Å²) in [7, 11) is 0. The lowest BCUT2D eigenvalue weighted by atomic mass is 10.3. The Balaban J connectivity index is 1.64. The topological polar surface area (TPSA) is 57.8 Å². The quantitative estimate of drug-likeness (QED) is 0.794. The first-order valence-corrected chi connectivity index (χ1v) is 6.16. The third-order valence-electron chi connectivity index (χ3n) is 3.28. The van der Waals surface area contributed by atoms with Crippen molar-refractivity contribution >= 4 is 5.82 Å². The van der Waals surface area contributed by atoms with E-state index in [1.165, 1.54) is 19.3 Å². The van der Waals surface area contributed by atoms with Gasteiger partial charge in [-0.15, -0.1) is 0 Å². The van der Waals surface area contributed by atoms with Crippen molar-refractivity contribution in [3.63, 3.8) is 0 Å². The summed E-state index contributed by atoms with van der Waals surface area (Å²) in [5.74, 6) is 3.02. The van der Waals surface area contributed by atoms with Crippen LogP contribution in [0, 0.1) is 5.92 Å². The van der Waals surface area contributed by atoms with Crippen molar-refractivity contribution in [2.75, 3.05) is 11.9 Å². The second-order valence-corrected chi connectivity index (χ2v) is 4.95. The lowest BCUT2D eigenvalue weighted by Gasteiger charge is -2.06. The molecule has 0 saturated heterocycles. The summed E-state index contributed by atoms with van der Waals surface area (Å²) in [6, 6.07) is 1.55. The zero-order chi connectivity index (χ0) is 11.0. The Morgan fingerprint density at radius 1 is 1.38 bits per heavy atom. The van der Waals surface area contributed by atoms with Crippen LogP contribution in [0.25, 0.3) is 0 Å². The lowest BCUT2D eigenvalue weighted by molar-refractivity contribution is 0.756. The molecule has 4 heteroatoms. The van der Waals surface area contributed by atoms with Crippen LogP contribution >= 0.6 is 0 Å². The maximum Gasteiger partial charge on any atom is 0.252 e. The van der Waals surface area contributed by atoms with Crippen LogP contribution in [0.1, 0.15) is 43.8 Å². The minimum absolute atomic E-state index is 0.0363. The number of nitrogens with zero attached hydrogens (tertiary/aromatic N) is 1. The number of aromatic nitrogens is 2. The molecule has 2 saturated carbocycles. The van der Waals surface area contributed by atoms with Crippen LogP contribution in [0.3, 0.4) is 0 Å². The molecule has 0 bridgehead atoms. The summed E-state index contributed by atoms with van der Waals surface area (Å²) < 4.78 is 0. The van der Waals surface area contributed by atoms with E-state index >= 15 is 0 Å². The molecule has 2 fully saturated rings. The molecule has 2 aliphatic carbocycles. The second kappa shape index (κ2) is 3.92. The van der Waals surface area contributed by atoms with Crippen molar-refractivity contribution in [2.24, 2.45) is 5.92 Å². The van der Waals surface area contributed by atoms with Gasteiger partial charge in [0.05, 0.1) is 0 Å². The molecule has 1 aromatic rings. The molecule has 3 rings (SSSR count). The summed E-state index contributed by atoms with van der Waals surface area (Å²) in [4.78, 5) is 18.7. The van der Waals surface area contributed by atoms with E-state index in [4.69, 9.17) is 0 Å². The van der Waals surface area contributed by atoms with Gasteiger partial charge in [0.2, 0.25) is 0 Å². The molecular weight excluding hydrogens is 202 g/mol. The molecule has 0 radical (unpaired) electrons. The molecule has 86 valence electrons. The van der Waals surface area contributed by atoms with E-state index in [1.807, 2.05) is 0 Å². The zero-order valence-electron chi connectivity index (χ0n) is 9.33. The molecule has 0 aliphatic heterocycles. The fourth-order valence-electron chi connectivity index (χ4n) is 1.93. The van der Waals surface area contributed by atoms with Crippen molar-refractivity contribution < 1.29 is 0 Å². The maximum absolute atomic E-state index is 11.4. The highest BCUT2D eigenvalue weighted by Crippen LogP contribution is 2.37. The van der Waals surface area contributed by atoms with Gasteiger partial charge in [-0.25, -0.2) is 4.98 Å². The molecule has 2 aliphatic rings. The first kappa shape index (κ1) is 9.87.